The summed E-state index contributed by atoms with van der Waals surface area (Å²) in [7, 11) is -3.04. The summed E-state index contributed by atoms with van der Waals surface area (Å²) in [6.45, 7) is 1.85. The van der Waals surface area contributed by atoms with Gasteiger partial charge in [-0.05, 0) is 37.2 Å². The maximum atomic E-state index is 12.2. The maximum Gasteiger partial charge on any atom is 0.230 e. The average molecular weight is 383 g/mol. The van der Waals surface area contributed by atoms with E-state index >= 15 is 0 Å². The number of carbonyl (C=O) groups is 1. The van der Waals surface area contributed by atoms with Crippen LogP contribution in [-0.4, -0.2) is 49.3 Å². The summed E-state index contributed by atoms with van der Waals surface area (Å²) in [5, 5.41) is 2.88. The monoisotopic (exact) mass is 382 g/mol. The second-order valence-corrected chi connectivity index (χ2v) is 10.1. The molecule has 25 heavy (non-hydrogen) atoms. The highest BCUT2D eigenvalue weighted by Gasteiger charge is 2.41. The third-order valence-corrected chi connectivity index (χ3v) is 8.21. The van der Waals surface area contributed by atoms with E-state index in [0.29, 0.717) is 31.3 Å². The molecule has 1 saturated carbocycles. The van der Waals surface area contributed by atoms with Crippen LogP contribution in [-0.2, 0) is 20.6 Å². The molecule has 1 aliphatic carbocycles. The van der Waals surface area contributed by atoms with Gasteiger partial charge in [0, 0.05) is 25.4 Å². The van der Waals surface area contributed by atoms with Crippen molar-refractivity contribution in [1.29, 1.82) is 0 Å². The fourth-order valence-corrected chi connectivity index (χ4v) is 5.78. The highest BCUT2D eigenvalue weighted by atomic mass is 32.2. The molecule has 3 rings (SSSR count). The molecule has 2 aliphatic rings. The quantitative estimate of drug-likeness (QED) is 0.749. The lowest BCUT2D eigenvalue weighted by atomic mass is 9.98. The number of nitrogens with one attached hydrogen (secondary N) is 1. The standard InChI is InChI=1S/C18H26N2O3S2/c21-18(14-24-13-16-4-2-1-3-5-16)19-12-15-8-10-20(11-9-15)25(22,23)17-6-7-17/h1-5,15,17H,6-14H2,(H,19,21). The first kappa shape index (κ1) is 18.7. The van der Waals surface area contributed by atoms with Crippen LogP contribution in [0.25, 0.3) is 0 Å². The number of hydrogen-bond donors (Lipinski definition) is 1. The molecule has 0 aromatic heterocycles. The zero-order valence-corrected chi connectivity index (χ0v) is 16.0. The van der Waals surface area contributed by atoms with E-state index in [9.17, 15) is 13.2 Å². The molecule has 1 amide bonds. The van der Waals surface area contributed by atoms with Crippen LogP contribution in [0, 0.1) is 5.92 Å². The summed E-state index contributed by atoms with van der Waals surface area (Å²) in [4.78, 5) is 12.0. The number of sulfonamides is 1. The highest BCUT2D eigenvalue weighted by molar-refractivity contribution is 7.99. The van der Waals surface area contributed by atoms with Crippen molar-refractivity contribution in [2.24, 2.45) is 5.92 Å². The minimum absolute atomic E-state index is 0.0639. The van der Waals surface area contributed by atoms with Crippen molar-refractivity contribution >= 4 is 27.7 Å². The van der Waals surface area contributed by atoms with Crippen molar-refractivity contribution in [3.63, 3.8) is 0 Å². The predicted octanol–water partition coefficient (Wildman–Crippen LogP) is 2.24. The Morgan fingerprint density at radius 3 is 2.44 bits per heavy atom. The molecule has 7 heteroatoms. The van der Waals surface area contributed by atoms with Gasteiger partial charge in [0.15, 0.2) is 0 Å². The molecular formula is C18H26N2O3S2. The van der Waals surface area contributed by atoms with E-state index < -0.39 is 10.0 Å². The number of benzene rings is 1. The van der Waals surface area contributed by atoms with E-state index in [0.717, 1.165) is 31.4 Å². The summed E-state index contributed by atoms with van der Waals surface area (Å²) in [6.07, 6.45) is 3.31. The molecule has 0 radical (unpaired) electrons. The van der Waals surface area contributed by atoms with Gasteiger partial charge in [-0.25, -0.2) is 12.7 Å². The first-order chi connectivity index (χ1) is 12.1. The molecule has 0 bridgehead atoms. The van der Waals surface area contributed by atoms with E-state index in [4.69, 9.17) is 0 Å². The summed E-state index contributed by atoms with van der Waals surface area (Å²) in [5.74, 6) is 1.75. The van der Waals surface area contributed by atoms with Crippen LogP contribution >= 0.6 is 11.8 Å². The van der Waals surface area contributed by atoms with Gasteiger partial charge in [-0.3, -0.25) is 4.79 Å². The lowest BCUT2D eigenvalue weighted by Gasteiger charge is -2.31. The van der Waals surface area contributed by atoms with Crippen LogP contribution in [0.4, 0.5) is 0 Å². The smallest absolute Gasteiger partial charge is 0.230 e. The zero-order valence-electron chi connectivity index (χ0n) is 14.4. The molecular weight excluding hydrogens is 356 g/mol. The number of carbonyl (C=O) groups excluding carboxylic acids is 1. The average Bonchev–Trinajstić information content (AvgIpc) is 3.47. The summed E-state index contributed by atoms with van der Waals surface area (Å²) >= 11 is 1.62. The lowest BCUT2D eigenvalue weighted by Crippen LogP contribution is -2.42. The van der Waals surface area contributed by atoms with E-state index in [1.807, 2.05) is 18.2 Å². The molecule has 1 heterocycles. The van der Waals surface area contributed by atoms with E-state index in [-0.39, 0.29) is 11.2 Å². The van der Waals surface area contributed by atoms with Gasteiger partial charge in [0.2, 0.25) is 15.9 Å². The van der Waals surface area contributed by atoms with Crippen molar-refractivity contribution in [3.05, 3.63) is 35.9 Å². The summed E-state index contributed by atoms with van der Waals surface area (Å²) in [5.41, 5.74) is 1.23. The number of amides is 1. The normalized spacial score (nSPS) is 19.7. The Bertz CT molecular complexity index is 667. The van der Waals surface area contributed by atoms with Crippen molar-refractivity contribution in [3.8, 4) is 0 Å². The maximum absolute atomic E-state index is 12.2. The molecule has 138 valence electrons. The number of piperidine rings is 1. The second kappa shape index (κ2) is 8.56. The van der Waals surface area contributed by atoms with Crippen LogP contribution in [0.2, 0.25) is 0 Å². The van der Waals surface area contributed by atoms with Crippen LogP contribution in [0.15, 0.2) is 30.3 Å². The first-order valence-electron chi connectivity index (χ1n) is 8.93. The molecule has 5 nitrogen and oxygen atoms in total. The van der Waals surface area contributed by atoms with Crippen molar-refractivity contribution in [2.45, 2.75) is 36.7 Å². The molecule has 1 aromatic rings. The molecule has 0 unspecified atom stereocenters. The van der Waals surface area contributed by atoms with E-state index in [1.54, 1.807) is 16.1 Å². The van der Waals surface area contributed by atoms with Gasteiger partial charge >= 0.3 is 0 Å². The number of nitrogens with zero attached hydrogens (tertiary/aromatic N) is 1. The van der Waals surface area contributed by atoms with Gasteiger partial charge < -0.3 is 5.32 Å². The Morgan fingerprint density at radius 1 is 1.12 bits per heavy atom. The number of rotatable bonds is 8. The van der Waals surface area contributed by atoms with E-state index in [2.05, 4.69) is 17.4 Å². The molecule has 0 atom stereocenters. The minimum Gasteiger partial charge on any atom is -0.355 e. The van der Waals surface area contributed by atoms with Crippen molar-refractivity contribution in [1.82, 2.24) is 9.62 Å². The zero-order chi connectivity index (χ0) is 17.7. The summed E-state index contributed by atoms with van der Waals surface area (Å²) < 4.78 is 26.1. The molecule has 1 aliphatic heterocycles. The Morgan fingerprint density at radius 2 is 1.80 bits per heavy atom. The lowest BCUT2D eigenvalue weighted by molar-refractivity contribution is -0.118. The Balaban J connectivity index is 1.31. The molecule has 0 spiro atoms. The van der Waals surface area contributed by atoms with Crippen LogP contribution < -0.4 is 5.32 Å². The first-order valence-corrected chi connectivity index (χ1v) is 11.6. The van der Waals surface area contributed by atoms with Crippen LogP contribution in [0.5, 0.6) is 0 Å². The Hall–Kier alpha value is -1.05. The predicted molar refractivity (Wildman–Crippen MR) is 102 cm³/mol. The van der Waals surface area contributed by atoms with Crippen LogP contribution in [0.1, 0.15) is 31.2 Å². The molecule has 1 saturated heterocycles. The van der Waals surface area contributed by atoms with Gasteiger partial charge in [-0.2, -0.15) is 0 Å². The largest absolute Gasteiger partial charge is 0.355 e. The summed E-state index contributed by atoms with van der Waals surface area (Å²) in [6, 6.07) is 10.1. The van der Waals surface area contributed by atoms with Crippen LogP contribution in [0.3, 0.4) is 0 Å². The van der Waals surface area contributed by atoms with E-state index in [1.165, 1.54) is 5.56 Å². The topological polar surface area (TPSA) is 66.5 Å². The number of thioether (sulfide) groups is 1. The Labute approximate surface area is 154 Å². The number of hydrogen-bond acceptors (Lipinski definition) is 4. The third kappa shape index (κ3) is 5.46. The van der Waals surface area contributed by atoms with Crippen molar-refractivity contribution in [2.75, 3.05) is 25.4 Å². The van der Waals surface area contributed by atoms with Crippen molar-refractivity contribution < 1.29 is 13.2 Å². The fourth-order valence-electron chi connectivity index (χ4n) is 3.09. The SMILES string of the molecule is O=C(CSCc1ccccc1)NCC1CCN(S(=O)(=O)C2CC2)CC1. The van der Waals surface area contributed by atoms with Gasteiger partial charge in [-0.15, -0.1) is 11.8 Å². The third-order valence-electron chi connectivity index (χ3n) is 4.81. The van der Waals surface area contributed by atoms with Gasteiger partial charge in [0.05, 0.1) is 11.0 Å². The molecule has 1 aromatic carbocycles. The minimum atomic E-state index is -3.04. The van der Waals surface area contributed by atoms with Gasteiger partial charge in [-0.1, -0.05) is 30.3 Å². The van der Waals surface area contributed by atoms with Gasteiger partial charge in [0.25, 0.3) is 0 Å². The van der Waals surface area contributed by atoms with Gasteiger partial charge in [0.1, 0.15) is 0 Å². The molecule has 2 fully saturated rings. The molecule has 1 N–H and O–H groups in total. The second-order valence-electron chi connectivity index (χ2n) is 6.87. The fraction of sp³-hybridized carbons (Fsp3) is 0.611. The highest BCUT2D eigenvalue weighted by Crippen LogP contribution is 2.33. The Kier molecular flexibility index (Phi) is 6.41.